The van der Waals surface area contributed by atoms with Gasteiger partial charge in [0.05, 0.1) is 8.80 Å². The van der Waals surface area contributed by atoms with E-state index in [2.05, 4.69) is 13.1 Å². The Kier molecular flexibility index (Phi) is 23.2. The first kappa shape index (κ1) is 15.7. The van der Waals surface area contributed by atoms with Crippen LogP contribution in [0.15, 0.2) is 0 Å². The molecule has 0 aliphatic heterocycles. The van der Waals surface area contributed by atoms with Crippen LogP contribution in [0.1, 0.15) is 7.43 Å². The molecule has 0 aliphatic carbocycles. The maximum absolute atomic E-state index is 5.22. The predicted molar refractivity (Wildman–Crippen MR) is 33.3 cm³/mol. The third-order valence-corrected chi connectivity index (χ3v) is 1.22. The molecule has 0 aromatic rings. The van der Waals surface area contributed by atoms with E-state index in [4.69, 9.17) is 5.73 Å². The second kappa shape index (κ2) is 10.3. The fourth-order valence-corrected chi connectivity index (χ4v) is 0. The van der Waals surface area contributed by atoms with Gasteiger partial charge in [-0.2, -0.15) is 0 Å². The van der Waals surface area contributed by atoms with Crippen molar-refractivity contribution in [1.82, 2.24) is 0 Å². The summed E-state index contributed by atoms with van der Waals surface area (Å²) in [6.07, 6.45) is 0.907. The minimum Gasteiger partial charge on any atom is -0.333 e. The summed E-state index contributed by atoms with van der Waals surface area (Å²) < 4.78 is 0. The van der Waals surface area contributed by atoms with Gasteiger partial charge < -0.3 is 5.73 Å². The average Bonchev–Trinajstić information content (AvgIpc) is 1.38. The third kappa shape index (κ3) is 18.9. The van der Waals surface area contributed by atoms with E-state index < -0.39 is 0 Å². The molecular formula is C4H14NSiY. The quantitative estimate of drug-likeness (QED) is 0.614. The molecule has 0 saturated heterocycles. The van der Waals surface area contributed by atoms with E-state index in [1.807, 2.05) is 0 Å². The maximum atomic E-state index is 5.22. The Balaban J connectivity index is -0.0000000800. The molecule has 0 amide bonds. The van der Waals surface area contributed by atoms with Crippen molar-refractivity contribution in [2.24, 2.45) is 5.73 Å². The fourth-order valence-electron chi connectivity index (χ4n) is 0. The zero-order chi connectivity index (χ0) is 4.28. The molecular weight excluding hydrogens is 179 g/mol. The molecule has 3 heteroatoms. The van der Waals surface area contributed by atoms with Crippen LogP contribution in [0, 0.1) is 0 Å². The van der Waals surface area contributed by atoms with Gasteiger partial charge in [-0.15, -0.1) is 0 Å². The average molecular weight is 193 g/mol. The second-order valence-electron chi connectivity index (χ2n) is 1.41. The van der Waals surface area contributed by atoms with Crippen LogP contribution < -0.4 is 5.73 Å². The Hall–Kier alpha value is 1.28. The Morgan fingerprint density at radius 2 is 1.57 bits per heavy atom. The van der Waals surface area contributed by atoms with Gasteiger partial charge in [0, 0.05) is 32.7 Å². The van der Waals surface area contributed by atoms with E-state index >= 15 is 0 Å². The summed E-state index contributed by atoms with van der Waals surface area (Å²) in [7, 11) is -0.0962. The largest absolute Gasteiger partial charge is 0.333 e. The Bertz CT molecular complexity index is 25.7. The van der Waals surface area contributed by atoms with Gasteiger partial charge in [0.15, 0.2) is 0 Å². The van der Waals surface area contributed by atoms with Crippen LogP contribution in [-0.2, 0) is 32.7 Å². The molecule has 0 atom stereocenters. The molecule has 0 heterocycles. The van der Waals surface area contributed by atoms with E-state index in [1.165, 1.54) is 0 Å². The number of rotatable bonds is 1. The SMILES string of the molecule is C.C[Si](C)CN.[Y]. The van der Waals surface area contributed by atoms with E-state index in [0.29, 0.717) is 0 Å². The Labute approximate surface area is 73.5 Å². The first-order valence-electron chi connectivity index (χ1n) is 1.76. The summed E-state index contributed by atoms with van der Waals surface area (Å²) in [6.45, 7) is 4.40. The summed E-state index contributed by atoms with van der Waals surface area (Å²) >= 11 is 0. The van der Waals surface area contributed by atoms with Gasteiger partial charge in [0.25, 0.3) is 0 Å². The topological polar surface area (TPSA) is 26.0 Å². The smallest absolute Gasteiger partial charge is 0.0577 e. The first-order valence-corrected chi connectivity index (χ1v) is 4.47. The minimum absolute atomic E-state index is 0. The van der Waals surface area contributed by atoms with Gasteiger partial charge in [-0.1, -0.05) is 20.5 Å². The molecule has 0 rings (SSSR count). The van der Waals surface area contributed by atoms with Gasteiger partial charge in [0.1, 0.15) is 0 Å². The van der Waals surface area contributed by atoms with Crippen molar-refractivity contribution in [3.05, 3.63) is 0 Å². The van der Waals surface area contributed by atoms with E-state index in [1.54, 1.807) is 0 Å². The van der Waals surface area contributed by atoms with Crippen molar-refractivity contribution in [3.63, 3.8) is 0 Å². The zero-order valence-corrected chi connectivity index (χ0v) is 8.20. The van der Waals surface area contributed by atoms with Crippen molar-refractivity contribution in [1.29, 1.82) is 0 Å². The van der Waals surface area contributed by atoms with Crippen molar-refractivity contribution >= 4 is 8.80 Å². The van der Waals surface area contributed by atoms with Gasteiger partial charge in [-0.05, 0) is 6.17 Å². The summed E-state index contributed by atoms with van der Waals surface area (Å²) in [5.74, 6) is 0. The van der Waals surface area contributed by atoms with Crippen LogP contribution in [0.5, 0.6) is 0 Å². The van der Waals surface area contributed by atoms with Gasteiger partial charge >= 0.3 is 0 Å². The molecule has 0 aliphatic rings. The normalized spacial score (nSPS) is 6.86. The first-order chi connectivity index (χ1) is 2.27. The van der Waals surface area contributed by atoms with Gasteiger partial charge in [-0.25, -0.2) is 0 Å². The van der Waals surface area contributed by atoms with Crippen molar-refractivity contribution in [2.75, 3.05) is 6.17 Å². The molecule has 0 saturated carbocycles. The van der Waals surface area contributed by atoms with Crippen LogP contribution >= 0.6 is 0 Å². The predicted octanol–water partition coefficient (Wildman–Crippen LogP) is 0.872. The van der Waals surface area contributed by atoms with E-state index in [0.717, 1.165) is 6.17 Å². The van der Waals surface area contributed by atoms with Gasteiger partial charge in [-0.3, -0.25) is 0 Å². The van der Waals surface area contributed by atoms with Crippen molar-refractivity contribution < 1.29 is 32.7 Å². The summed E-state index contributed by atoms with van der Waals surface area (Å²) in [6, 6.07) is 0. The van der Waals surface area contributed by atoms with Crippen molar-refractivity contribution in [3.8, 4) is 0 Å². The van der Waals surface area contributed by atoms with Gasteiger partial charge in [0.2, 0.25) is 0 Å². The molecule has 0 spiro atoms. The van der Waals surface area contributed by atoms with E-state index in [9.17, 15) is 0 Å². The molecule has 0 unspecified atom stereocenters. The molecule has 1 nitrogen and oxygen atoms in total. The summed E-state index contributed by atoms with van der Waals surface area (Å²) in [4.78, 5) is 0. The third-order valence-electron chi connectivity index (χ3n) is 0.408. The number of nitrogens with two attached hydrogens (primary N) is 1. The van der Waals surface area contributed by atoms with Crippen LogP contribution in [0.25, 0.3) is 0 Å². The van der Waals surface area contributed by atoms with Crippen LogP contribution in [0.3, 0.4) is 0 Å². The van der Waals surface area contributed by atoms with Crippen LogP contribution in [-0.4, -0.2) is 15.0 Å². The Morgan fingerprint density at radius 3 is 1.57 bits per heavy atom. The molecule has 7 heavy (non-hydrogen) atoms. The molecule has 0 bridgehead atoms. The summed E-state index contributed by atoms with van der Waals surface area (Å²) in [5.41, 5.74) is 5.22. The maximum Gasteiger partial charge on any atom is 0.0577 e. The molecule has 0 aromatic heterocycles. The number of hydrogen-bond acceptors (Lipinski definition) is 1. The van der Waals surface area contributed by atoms with Crippen LogP contribution in [0.4, 0.5) is 0 Å². The molecule has 0 fully saturated rings. The summed E-state index contributed by atoms with van der Waals surface area (Å²) in [5, 5.41) is 0. The number of hydrogen-bond donors (Lipinski definition) is 1. The van der Waals surface area contributed by atoms with Crippen LogP contribution in [0.2, 0.25) is 13.1 Å². The van der Waals surface area contributed by atoms with Crippen molar-refractivity contribution in [2.45, 2.75) is 20.5 Å². The molecule has 2 radical (unpaired) electrons. The second-order valence-corrected chi connectivity index (χ2v) is 4.23. The minimum atomic E-state index is -0.0962. The fraction of sp³-hybridized carbons (Fsp3) is 1.00. The Morgan fingerprint density at radius 1 is 1.43 bits per heavy atom. The molecule has 42 valence electrons. The standard InChI is InChI=1S/C3H10NSi.CH4.Y/c1-5(2)3-4;;/h3-4H2,1-2H3;1H4;. The molecule has 0 aromatic carbocycles. The zero-order valence-electron chi connectivity index (χ0n) is 4.36. The molecule has 2 N–H and O–H groups in total. The monoisotopic (exact) mass is 193 g/mol. The van der Waals surface area contributed by atoms with E-state index in [-0.39, 0.29) is 48.9 Å².